The van der Waals surface area contributed by atoms with E-state index in [0.717, 1.165) is 29.5 Å². The number of methoxy groups -OCH3 is 1. The van der Waals surface area contributed by atoms with Crippen molar-refractivity contribution in [3.8, 4) is 5.75 Å². The number of nitrogens with two attached hydrogens (primary N) is 1. The molecule has 110 valence electrons. The number of hydrogen-bond donors (Lipinski definition) is 1. The van der Waals surface area contributed by atoms with Crippen molar-refractivity contribution in [1.82, 2.24) is 0 Å². The van der Waals surface area contributed by atoms with E-state index < -0.39 is 0 Å². The number of rotatable bonds is 4. The van der Waals surface area contributed by atoms with Gasteiger partial charge in [-0.3, -0.25) is 0 Å². The summed E-state index contributed by atoms with van der Waals surface area (Å²) in [4.78, 5) is 0. The molecule has 0 saturated heterocycles. The van der Waals surface area contributed by atoms with Crippen LogP contribution in [0.2, 0.25) is 0 Å². The molecule has 2 aromatic carbocycles. The first-order valence-electron chi connectivity index (χ1n) is 7.25. The molecule has 0 aromatic heterocycles. The maximum absolute atomic E-state index is 6.17. The van der Waals surface area contributed by atoms with Crippen molar-refractivity contribution in [2.75, 3.05) is 13.7 Å². The van der Waals surface area contributed by atoms with Crippen molar-refractivity contribution < 1.29 is 4.74 Å². The fourth-order valence-corrected chi connectivity index (χ4v) is 3.81. The number of halogens is 1. The minimum atomic E-state index is 0.109. The zero-order valence-corrected chi connectivity index (χ0v) is 13.8. The quantitative estimate of drug-likeness (QED) is 0.915. The van der Waals surface area contributed by atoms with E-state index in [2.05, 4.69) is 46.3 Å². The first-order chi connectivity index (χ1) is 10.2. The van der Waals surface area contributed by atoms with Crippen molar-refractivity contribution in [1.29, 1.82) is 0 Å². The Balaban J connectivity index is 1.92. The molecule has 2 nitrogen and oxygen atoms in total. The molecule has 2 aromatic rings. The van der Waals surface area contributed by atoms with Gasteiger partial charge in [-0.15, -0.1) is 0 Å². The molecule has 0 fully saturated rings. The minimum Gasteiger partial charge on any atom is -0.496 e. The SMILES string of the molecule is COc1ccc(Br)cc1CC1(CN)Cc2ccccc2C1. The molecule has 0 bridgehead atoms. The summed E-state index contributed by atoms with van der Waals surface area (Å²) in [5.41, 5.74) is 10.4. The summed E-state index contributed by atoms with van der Waals surface area (Å²) < 4.78 is 6.60. The van der Waals surface area contributed by atoms with Crippen LogP contribution >= 0.6 is 15.9 Å². The Kier molecular flexibility index (Phi) is 4.05. The first kappa shape index (κ1) is 14.6. The molecule has 0 spiro atoms. The molecule has 0 heterocycles. The zero-order chi connectivity index (χ0) is 14.9. The summed E-state index contributed by atoms with van der Waals surface area (Å²) in [5.74, 6) is 0.946. The van der Waals surface area contributed by atoms with Gasteiger partial charge in [-0.2, -0.15) is 0 Å². The topological polar surface area (TPSA) is 35.2 Å². The van der Waals surface area contributed by atoms with Gasteiger partial charge in [0.15, 0.2) is 0 Å². The lowest BCUT2D eigenvalue weighted by Crippen LogP contribution is -2.33. The molecule has 0 saturated carbocycles. The predicted octanol–water partition coefficient (Wildman–Crippen LogP) is 3.74. The summed E-state index contributed by atoms with van der Waals surface area (Å²) in [7, 11) is 1.73. The Morgan fingerprint density at radius 3 is 2.38 bits per heavy atom. The van der Waals surface area contributed by atoms with Crippen LogP contribution < -0.4 is 10.5 Å². The van der Waals surface area contributed by atoms with Gasteiger partial charge in [0.1, 0.15) is 5.75 Å². The van der Waals surface area contributed by atoms with Crippen LogP contribution in [0.15, 0.2) is 46.9 Å². The van der Waals surface area contributed by atoms with Gasteiger partial charge in [-0.05, 0) is 66.1 Å². The number of fused-ring (bicyclic) bond motifs is 1. The molecule has 0 atom stereocenters. The summed E-state index contributed by atoms with van der Waals surface area (Å²) >= 11 is 3.56. The Bertz CT molecular complexity index is 628. The Morgan fingerprint density at radius 2 is 1.81 bits per heavy atom. The van der Waals surface area contributed by atoms with Crippen LogP contribution in [-0.2, 0) is 19.3 Å². The van der Waals surface area contributed by atoms with E-state index in [9.17, 15) is 0 Å². The molecule has 21 heavy (non-hydrogen) atoms. The molecular formula is C18H20BrNO. The number of ether oxygens (including phenoxy) is 1. The van der Waals surface area contributed by atoms with E-state index in [4.69, 9.17) is 10.5 Å². The summed E-state index contributed by atoms with van der Waals surface area (Å²) in [6.07, 6.45) is 3.05. The number of benzene rings is 2. The lowest BCUT2D eigenvalue weighted by Gasteiger charge is -2.28. The zero-order valence-electron chi connectivity index (χ0n) is 12.2. The van der Waals surface area contributed by atoms with Crippen LogP contribution in [0.1, 0.15) is 16.7 Å². The van der Waals surface area contributed by atoms with Gasteiger partial charge in [-0.1, -0.05) is 40.2 Å². The molecule has 3 rings (SSSR count). The van der Waals surface area contributed by atoms with E-state index in [1.54, 1.807) is 7.11 Å². The fraction of sp³-hybridized carbons (Fsp3) is 0.333. The van der Waals surface area contributed by atoms with Crippen molar-refractivity contribution in [3.05, 3.63) is 63.6 Å². The third kappa shape index (κ3) is 2.85. The van der Waals surface area contributed by atoms with Crippen molar-refractivity contribution in [2.45, 2.75) is 19.3 Å². The molecule has 1 aliphatic rings. The van der Waals surface area contributed by atoms with Crippen LogP contribution in [0.4, 0.5) is 0 Å². The summed E-state index contributed by atoms with van der Waals surface area (Å²) in [6.45, 7) is 0.692. The third-order valence-corrected chi connectivity index (χ3v) is 4.98. The third-order valence-electron chi connectivity index (χ3n) is 4.49. The smallest absolute Gasteiger partial charge is 0.122 e. The lowest BCUT2D eigenvalue weighted by molar-refractivity contribution is 0.307. The van der Waals surface area contributed by atoms with Crippen LogP contribution in [0.5, 0.6) is 5.75 Å². The highest BCUT2D eigenvalue weighted by atomic mass is 79.9. The van der Waals surface area contributed by atoms with Crippen molar-refractivity contribution >= 4 is 15.9 Å². The highest BCUT2D eigenvalue weighted by molar-refractivity contribution is 9.10. The second-order valence-electron chi connectivity index (χ2n) is 5.96. The second kappa shape index (κ2) is 5.82. The average molecular weight is 346 g/mol. The fourth-order valence-electron chi connectivity index (χ4n) is 3.40. The van der Waals surface area contributed by atoms with Crippen LogP contribution in [0.25, 0.3) is 0 Å². The Morgan fingerprint density at radius 1 is 1.14 bits per heavy atom. The molecule has 2 N–H and O–H groups in total. The second-order valence-corrected chi connectivity index (χ2v) is 6.88. The molecular weight excluding hydrogens is 326 g/mol. The van der Waals surface area contributed by atoms with Gasteiger partial charge in [0.2, 0.25) is 0 Å². The maximum atomic E-state index is 6.17. The summed E-state index contributed by atoms with van der Waals surface area (Å²) in [6, 6.07) is 14.9. The van der Waals surface area contributed by atoms with Crippen LogP contribution in [0, 0.1) is 5.41 Å². The van der Waals surface area contributed by atoms with E-state index in [-0.39, 0.29) is 5.41 Å². The van der Waals surface area contributed by atoms with Gasteiger partial charge >= 0.3 is 0 Å². The molecule has 0 amide bonds. The molecule has 0 radical (unpaired) electrons. The van der Waals surface area contributed by atoms with Gasteiger partial charge in [0.05, 0.1) is 7.11 Å². The van der Waals surface area contributed by atoms with Crippen LogP contribution in [-0.4, -0.2) is 13.7 Å². The van der Waals surface area contributed by atoms with E-state index in [1.165, 1.54) is 16.7 Å². The Hall–Kier alpha value is -1.32. The van der Waals surface area contributed by atoms with E-state index in [0.29, 0.717) is 6.54 Å². The van der Waals surface area contributed by atoms with Crippen molar-refractivity contribution in [2.24, 2.45) is 11.1 Å². The van der Waals surface area contributed by atoms with E-state index >= 15 is 0 Å². The van der Waals surface area contributed by atoms with E-state index in [1.807, 2.05) is 12.1 Å². The largest absolute Gasteiger partial charge is 0.496 e. The van der Waals surface area contributed by atoms with Gasteiger partial charge in [-0.25, -0.2) is 0 Å². The summed E-state index contributed by atoms with van der Waals surface area (Å²) in [5, 5.41) is 0. The monoisotopic (exact) mass is 345 g/mol. The molecule has 0 unspecified atom stereocenters. The number of hydrogen-bond acceptors (Lipinski definition) is 2. The van der Waals surface area contributed by atoms with Crippen molar-refractivity contribution in [3.63, 3.8) is 0 Å². The lowest BCUT2D eigenvalue weighted by atomic mass is 9.78. The standard InChI is InChI=1S/C18H20BrNO/c1-21-17-7-6-16(19)8-15(17)11-18(12-20)9-13-4-2-3-5-14(13)10-18/h2-8H,9-12,20H2,1H3. The average Bonchev–Trinajstić information content (AvgIpc) is 2.86. The highest BCUT2D eigenvalue weighted by Crippen LogP contribution is 2.40. The van der Waals surface area contributed by atoms with Gasteiger partial charge in [0.25, 0.3) is 0 Å². The minimum absolute atomic E-state index is 0.109. The molecule has 1 aliphatic carbocycles. The Labute approximate surface area is 134 Å². The van der Waals surface area contributed by atoms with Crippen LogP contribution in [0.3, 0.4) is 0 Å². The molecule has 3 heteroatoms. The predicted molar refractivity (Wildman–Crippen MR) is 89.7 cm³/mol. The normalized spacial score (nSPS) is 15.8. The van der Waals surface area contributed by atoms with Gasteiger partial charge in [0, 0.05) is 4.47 Å². The van der Waals surface area contributed by atoms with Gasteiger partial charge < -0.3 is 10.5 Å². The highest BCUT2D eigenvalue weighted by Gasteiger charge is 2.36. The first-order valence-corrected chi connectivity index (χ1v) is 8.04. The maximum Gasteiger partial charge on any atom is 0.122 e. The molecule has 0 aliphatic heterocycles.